The highest BCUT2D eigenvalue weighted by Crippen LogP contribution is 2.25. The Hall–Kier alpha value is -2.71. The van der Waals surface area contributed by atoms with Crippen molar-refractivity contribution in [3.05, 3.63) is 65.7 Å². The van der Waals surface area contributed by atoms with Crippen molar-refractivity contribution in [2.45, 2.75) is 43.3 Å². The normalized spacial score (nSPS) is 23.5. The van der Waals surface area contributed by atoms with E-state index < -0.39 is 16.1 Å². The van der Waals surface area contributed by atoms with Crippen molar-refractivity contribution >= 4 is 21.8 Å². The maximum atomic E-state index is 12.7. The molecule has 158 valence electrons. The Labute approximate surface area is 177 Å². The molecule has 2 unspecified atom stereocenters. The van der Waals surface area contributed by atoms with Gasteiger partial charge in [-0.05, 0) is 38.0 Å². The molecule has 8 heteroatoms. The van der Waals surface area contributed by atoms with Gasteiger partial charge in [-0.25, -0.2) is 8.42 Å². The molecule has 0 spiro atoms. The molecule has 2 aromatic carbocycles. The SMILES string of the molecule is CC(c1ccccc1)N1CCC(NC(=O)[C@H](C)N=C2NS(=O)(=O)c3ccccc32)C1. The number of amidine groups is 1. The van der Waals surface area contributed by atoms with Crippen molar-refractivity contribution in [1.29, 1.82) is 0 Å². The number of benzene rings is 2. The number of nitrogens with zero attached hydrogens (tertiary/aromatic N) is 2. The van der Waals surface area contributed by atoms with Crippen LogP contribution in [0.25, 0.3) is 0 Å². The Bertz CT molecular complexity index is 1070. The summed E-state index contributed by atoms with van der Waals surface area (Å²) < 4.78 is 26.9. The van der Waals surface area contributed by atoms with E-state index in [-0.39, 0.29) is 28.7 Å². The summed E-state index contributed by atoms with van der Waals surface area (Å²) in [5.74, 6) is 0.0179. The molecule has 2 heterocycles. The van der Waals surface area contributed by atoms with Crippen molar-refractivity contribution in [3.63, 3.8) is 0 Å². The van der Waals surface area contributed by atoms with Gasteiger partial charge in [-0.15, -0.1) is 0 Å². The van der Waals surface area contributed by atoms with Crippen LogP contribution in [0.4, 0.5) is 0 Å². The van der Waals surface area contributed by atoms with E-state index in [9.17, 15) is 13.2 Å². The average Bonchev–Trinajstić information content (AvgIpc) is 3.31. The van der Waals surface area contributed by atoms with E-state index in [4.69, 9.17) is 0 Å². The first-order valence-electron chi connectivity index (χ1n) is 10.1. The molecule has 2 aliphatic heterocycles. The van der Waals surface area contributed by atoms with Crippen LogP contribution in [0.15, 0.2) is 64.5 Å². The molecule has 7 nitrogen and oxygen atoms in total. The zero-order valence-corrected chi connectivity index (χ0v) is 17.9. The van der Waals surface area contributed by atoms with Crippen LogP contribution in [0, 0.1) is 0 Å². The van der Waals surface area contributed by atoms with E-state index in [1.165, 1.54) is 11.6 Å². The number of rotatable bonds is 5. The Kier molecular flexibility index (Phi) is 5.62. The second-order valence-electron chi connectivity index (χ2n) is 7.83. The Morgan fingerprint density at radius 2 is 1.83 bits per heavy atom. The largest absolute Gasteiger partial charge is 0.350 e. The summed E-state index contributed by atoms with van der Waals surface area (Å²) in [4.78, 5) is 19.6. The Morgan fingerprint density at radius 3 is 2.60 bits per heavy atom. The lowest BCUT2D eigenvalue weighted by atomic mass is 10.1. The number of hydrogen-bond acceptors (Lipinski definition) is 5. The standard InChI is InChI=1S/C22H26N4O3S/c1-15(23-21-19-10-6-7-11-20(19)30(28,29)25-21)22(27)24-18-12-13-26(14-18)16(2)17-8-4-3-5-9-17/h3-11,15-16,18H,12-14H2,1-2H3,(H,23,25)(H,24,27)/t15-,16?,18?/m0/s1. The van der Waals surface area contributed by atoms with Crippen LogP contribution in [0.5, 0.6) is 0 Å². The Morgan fingerprint density at radius 1 is 1.13 bits per heavy atom. The van der Waals surface area contributed by atoms with Crippen LogP contribution in [0.1, 0.15) is 37.4 Å². The third-order valence-electron chi connectivity index (χ3n) is 5.76. The number of sulfonamides is 1. The number of carbonyl (C=O) groups excluding carboxylic acids is 1. The van der Waals surface area contributed by atoms with Crippen molar-refractivity contribution in [2.75, 3.05) is 13.1 Å². The lowest BCUT2D eigenvalue weighted by molar-refractivity contribution is -0.122. The van der Waals surface area contributed by atoms with Gasteiger partial charge in [0.05, 0.1) is 4.90 Å². The molecule has 0 saturated carbocycles. The zero-order chi connectivity index (χ0) is 21.3. The lowest BCUT2D eigenvalue weighted by Crippen LogP contribution is -2.42. The van der Waals surface area contributed by atoms with Gasteiger partial charge in [0.2, 0.25) is 5.91 Å². The second-order valence-corrected chi connectivity index (χ2v) is 9.48. The van der Waals surface area contributed by atoms with E-state index in [1.54, 1.807) is 25.1 Å². The van der Waals surface area contributed by atoms with Gasteiger partial charge in [-0.3, -0.25) is 19.4 Å². The van der Waals surface area contributed by atoms with E-state index in [0.29, 0.717) is 5.56 Å². The molecule has 1 saturated heterocycles. The summed E-state index contributed by atoms with van der Waals surface area (Å²) in [6.45, 7) is 5.55. The fourth-order valence-electron chi connectivity index (χ4n) is 4.00. The highest BCUT2D eigenvalue weighted by atomic mass is 32.2. The van der Waals surface area contributed by atoms with Gasteiger partial charge in [-0.1, -0.05) is 42.5 Å². The molecular weight excluding hydrogens is 400 g/mol. The maximum absolute atomic E-state index is 12.7. The highest BCUT2D eigenvalue weighted by molar-refractivity contribution is 7.90. The molecule has 0 aromatic heterocycles. The minimum atomic E-state index is -3.61. The minimum absolute atomic E-state index is 0.0545. The Balaban J connectivity index is 1.39. The first kappa shape index (κ1) is 20.6. The molecule has 0 aliphatic carbocycles. The highest BCUT2D eigenvalue weighted by Gasteiger charge is 2.32. The first-order chi connectivity index (χ1) is 14.3. The van der Waals surface area contributed by atoms with Crippen molar-refractivity contribution < 1.29 is 13.2 Å². The van der Waals surface area contributed by atoms with Crippen LogP contribution in [0.3, 0.4) is 0 Å². The topological polar surface area (TPSA) is 90.9 Å². The third kappa shape index (κ3) is 4.11. The molecule has 1 amide bonds. The number of aliphatic imine (C=N–C) groups is 1. The van der Waals surface area contributed by atoms with Crippen LogP contribution in [0.2, 0.25) is 0 Å². The molecule has 2 N–H and O–H groups in total. The van der Waals surface area contributed by atoms with Gasteiger partial charge in [0.15, 0.2) is 0 Å². The molecule has 4 rings (SSSR count). The molecule has 0 radical (unpaired) electrons. The zero-order valence-electron chi connectivity index (χ0n) is 17.1. The van der Waals surface area contributed by atoms with Gasteiger partial charge in [0.1, 0.15) is 11.9 Å². The molecule has 2 aromatic rings. The number of carbonyl (C=O) groups is 1. The van der Waals surface area contributed by atoms with Gasteiger partial charge < -0.3 is 5.32 Å². The van der Waals surface area contributed by atoms with Crippen molar-refractivity contribution in [2.24, 2.45) is 4.99 Å². The number of likely N-dealkylation sites (tertiary alicyclic amines) is 1. The summed E-state index contributed by atoms with van der Waals surface area (Å²) in [6.07, 6.45) is 0.877. The number of fused-ring (bicyclic) bond motifs is 1. The summed E-state index contributed by atoms with van der Waals surface area (Å²) in [5, 5.41) is 3.07. The second kappa shape index (κ2) is 8.20. The smallest absolute Gasteiger partial charge is 0.263 e. The molecule has 30 heavy (non-hydrogen) atoms. The predicted octanol–water partition coefficient (Wildman–Crippen LogP) is 2.07. The summed E-state index contributed by atoms with van der Waals surface area (Å²) in [6, 6.07) is 16.6. The number of amides is 1. The summed E-state index contributed by atoms with van der Waals surface area (Å²) in [7, 11) is -3.61. The number of nitrogens with one attached hydrogen (secondary N) is 2. The fraction of sp³-hybridized carbons (Fsp3) is 0.364. The van der Waals surface area contributed by atoms with E-state index in [1.807, 2.05) is 18.2 Å². The lowest BCUT2D eigenvalue weighted by Gasteiger charge is -2.25. The monoisotopic (exact) mass is 426 g/mol. The van der Waals surface area contributed by atoms with Gasteiger partial charge in [0.25, 0.3) is 10.0 Å². The third-order valence-corrected chi connectivity index (χ3v) is 7.16. The summed E-state index contributed by atoms with van der Waals surface area (Å²) >= 11 is 0. The van der Waals surface area contributed by atoms with Crippen molar-refractivity contribution in [3.8, 4) is 0 Å². The van der Waals surface area contributed by atoms with Crippen LogP contribution in [-0.2, 0) is 14.8 Å². The van der Waals surface area contributed by atoms with E-state index >= 15 is 0 Å². The van der Waals surface area contributed by atoms with Gasteiger partial charge in [-0.2, -0.15) is 0 Å². The average molecular weight is 427 g/mol. The van der Waals surface area contributed by atoms with E-state index in [0.717, 1.165) is 19.5 Å². The first-order valence-corrected chi connectivity index (χ1v) is 11.6. The molecule has 3 atom stereocenters. The molecule has 2 aliphatic rings. The predicted molar refractivity (Wildman–Crippen MR) is 116 cm³/mol. The minimum Gasteiger partial charge on any atom is -0.350 e. The fourth-order valence-corrected chi connectivity index (χ4v) is 5.24. The van der Waals surface area contributed by atoms with Crippen molar-refractivity contribution in [1.82, 2.24) is 14.9 Å². The maximum Gasteiger partial charge on any atom is 0.263 e. The van der Waals surface area contributed by atoms with Gasteiger partial charge >= 0.3 is 0 Å². The molecular formula is C22H26N4O3S. The van der Waals surface area contributed by atoms with Crippen LogP contribution in [-0.4, -0.2) is 50.2 Å². The van der Waals surface area contributed by atoms with Crippen LogP contribution < -0.4 is 10.0 Å². The summed E-state index contributed by atoms with van der Waals surface area (Å²) in [5.41, 5.74) is 1.76. The molecule has 0 bridgehead atoms. The van der Waals surface area contributed by atoms with E-state index in [2.05, 4.69) is 39.0 Å². The van der Waals surface area contributed by atoms with Gasteiger partial charge in [0, 0.05) is 30.7 Å². The molecule has 1 fully saturated rings. The number of hydrogen-bond donors (Lipinski definition) is 2. The van der Waals surface area contributed by atoms with Crippen LogP contribution >= 0.6 is 0 Å². The quantitative estimate of drug-likeness (QED) is 0.766.